The van der Waals surface area contributed by atoms with Crippen molar-refractivity contribution in [3.05, 3.63) is 129 Å². The number of carbonyl (C=O) groups is 2. The van der Waals surface area contributed by atoms with Gasteiger partial charge in [-0.1, -0.05) is 29.3 Å². The van der Waals surface area contributed by atoms with E-state index in [2.05, 4.69) is 93.3 Å². The van der Waals surface area contributed by atoms with Crippen molar-refractivity contribution in [1.29, 1.82) is 0 Å². The number of aliphatic carboxylic acids is 2. The van der Waals surface area contributed by atoms with Gasteiger partial charge in [0.2, 0.25) is 0 Å². The van der Waals surface area contributed by atoms with Crippen LogP contribution in [0.2, 0.25) is 0 Å². The van der Waals surface area contributed by atoms with Crippen molar-refractivity contribution in [3.8, 4) is 0 Å². The Balaban J connectivity index is 0.994. The zero-order valence-electron chi connectivity index (χ0n) is 33.0. The van der Waals surface area contributed by atoms with Gasteiger partial charge in [0.05, 0.1) is 12.8 Å². The normalized spacial score (nSPS) is 15.9. The van der Waals surface area contributed by atoms with Gasteiger partial charge in [-0.15, -0.1) is 0 Å². The number of fused-ring (bicyclic) bond motifs is 6. The highest BCUT2D eigenvalue weighted by Gasteiger charge is 2.28. The number of pyridine rings is 2. The lowest BCUT2D eigenvalue weighted by molar-refractivity contribution is -0.138. The second-order valence-corrected chi connectivity index (χ2v) is 16.3. The second-order valence-electron chi connectivity index (χ2n) is 16.3. The molecule has 56 heavy (non-hydrogen) atoms. The summed E-state index contributed by atoms with van der Waals surface area (Å²) in [4.78, 5) is 38.3. The number of carboxylic acid groups (broad SMARTS) is 2. The quantitative estimate of drug-likeness (QED) is 0.125. The summed E-state index contributed by atoms with van der Waals surface area (Å²) in [6.45, 7) is 11.9. The molecule has 0 spiro atoms. The molecule has 8 rings (SSSR count). The van der Waals surface area contributed by atoms with Crippen molar-refractivity contribution >= 4 is 33.7 Å². The van der Waals surface area contributed by atoms with E-state index in [1.165, 1.54) is 49.9 Å². The van der Waals surface area contributed by atoms with E-state index in [4.69, 9.17) is 4.98 Å². The lowest BCUT2D eigenvalue weighted by Crippen LogP contribution is -2.33. The maximum absolute atomic E-state index is 12.2. The van der Waals surface area contributed by atoms with Gasteiger partial charge in [0, 0.05) is 134 Å². The molecule has 4 aromatic heterocycles. The standard InChI is InChI=1S/C46H52N6O4/c1-29-5-9-41-37(19-29)39-27-49(4)16-13-43(39)52(41)26-35(23-46(55)56)33-7-8-36(48-24-33)12-17-50-18-14-44-40(28-50)38-20-30(2)6-10-42(38)51(44)25-34(22-45(53)54)32-11-15-47-31(3)21-32/h5-11,15,19-21,24,34-35H,12-14,16-18,22-23,25-28H2,1-4H3,(H,53,54)(H,55,56). The van der Waals surface area contributed by atoms with Gasteiger partial charge in [-0.2, -0.15) is 0 Å². The van der Waals surface area contributed by atoms with Crippen molar-refractivity contribution < 1.29 is 19.8 Å². The van der Waals surface area contributed by atoms with Gasteiger partial charge in [-0.25, -0.2) is 0 Å². The molecule has 0 saturated carbocycles. The van der Waals surface area contributed by atoms with Crippen molar-refractivity contribution in [2.24, 2.45) is 0 Å². The molecular weight excluding hydrogens is 701 g/mol. The number of carboxylic acids is 2. The third-order valence-corrected chi connectivity index (χ3v) is 12.1. The van der Waals surface area contributed by atoms with Crippen LogP contribution in [0, 0.1) is 20.8 Å². The monoisotopic (exact) mass is 752 g/mol. The van der Waals surface area contributed by atoms with E-state index in [9.17, 15) is 19.8 Å². The smallest absolute Gasteiger partial charge is 0.304 e. The lowest BCUT2D eigenvalue weighted by Gasteiger charge is -2.29. The van der Waals surface area contributed by atoms with Crippen LogP contribution in [-0.4, -0.2) is 77.7 Å². The van der Waals surface area contributed by atoms with Gasteiger partial charge in [0.15, 0.2) is 0 Å². The van der Waals surface area contributed by atoms with Crippen LogP contribution < -0.4 is 0 Å². The summed E-state index contributed by atoms with van der Waals surface area (Å²) in [5.74, 6) is -1.97. The summed E-state index contributed by atoms with van der Waals surface area (Å²) >= 11 is 0. The third-order valence-electron chi connectivity index (χ3n) is 12.1. The summed E-state index contributed by atoms with van der Waals surface area (Å²) in [6, 6.07) is 21.4. The fraction of sp³-hybridized carbons (Fsp3) is 0.391. The highest BCUT2D eigenvalue weighted by atomic mass is 16.4. The van der Waals surface area contributed by atoms with E-state index in [1.54, 1.807) is 6.20 Å². The molecule has 0 fully saturated rings. The molecule has 2 aliphatic rings. The van der Waals surface area contributed by atoms with Crippen LogP contribution >= 0.6 is 0 Å². The number of aryl methyl sites for hydroxylation is 3. The summed E-state index contributed by atoms with van der Waals surface area (Å²) < 4.78 is 4.76. The summed E-state index contributed by atoms with van der Waals surface area (Å²) in [5, 5.41) is 22.4. The molecule has 290 valence electrons. The van der Waals surface area contributed by atoms with Crippen LogP contribution in [0.5, 0.6) is 0 Å². The van der Waals surface area contributed by atoms with Crippen molar-refractivity contribution in [1.82, 2.24) is 28.9 Å². The van der Waals surface area contributed by atoms with Crippen molar-refractivity contribution in [3.63, 3.8) is 0 Å². The minimum atomic E-state index is -0.800. The molecule has 6 aromatic rings. The number of hydrogen-bond donors (Lipinski definition) is 2. The van der Waals surface area contributed by atoms with Gasteiger partial charge in [0.25, 0.3) is 0 Å². The number of rotatable bonds is 13. The summed E-state index contributed by atoms with van der Waals surface area (Å²) in [6.07, 6.45) is 6.41. The van der Waals surface area contributed by atoms with Gasteiger partial charge >= 0.3 is 11.9 Å². The Morgan fingerprint density at radius 3 is 1.91 bits per heavy atom. The lowest BCUT2D eigenvalue weighted by atomic mass is 9.95. The van der Waals surface area contributed by atoms with Gasteiger partial charge < -0.3 is 24.2 Å². The Morgan fingerprint density at radius 2 is 1.32 bits per heavy atom. The predicted molar refractivity (Wildman–Crippen MR) is 219 cm³/mol. The molecular formula is C46H52N6O4. The fourth-order valence-electron chi connectivity index (χ4n) is 9.28. The molecule has 2 unspecified atom stereocenters. The summed E-state index contributed by atoms with van der Waals surface area (Å²) in [7, 11) is 2.16. The Labute approximate surface area is 328 Å². The average molecular weight is 753 g/mol. The molecule has 0 amide bonds. The molecule has 0 aliphatic carbocycles. The summed E-state index contributed by atoms with van der Waals surface area (Å²) in [5.41, 5.74) is 14.0. The van der Waals surface area contributed by atoms with E-state index in [-0.39, 0.29) is 24.7 Å². The number of hydrogen-bond acceptors (Lipinski definition) is 6. The first-order valence-corrected chi connectivity index (χ1v) is 19.9. The van der Waals surface area contributed by atoms with Crippen LogP contribution in [-0.2, 0) is 55.0 Å². The molecule has 0 radical (unpaired) electrons. The first-order chi connectivity index (χ1) is 27.0. The molecule has 2 aromatic carbocycles. The molecule has 10 nitrogen and oxygen atoms in total. The molecule has 6 heterocycles. The topological polar surface area (TPSA) is 117 Å². The van der Waals surface area contributed by atoms with Gasteiger partial charge in [0.1, 0.15) is 0 Å². The zero-order chi connectivity index (χ0) is 39.1. The van der Waals surface area contributed by atoms with Gasteiger partial charge in [-0.05, 0) is 92.5 Å². The Kier molecular flexibility index (Phi) is 10.5. The van der Waals surface area contributed by atoms with Crippen LogP contribution in [0.4, 0.5) is 0 Å². The van der Waals surface area contributed by atoms with E-state index >= 15 is 0 Å². The van der Waals surface area contributed by atoms with E-state index in [1.807, 2.05) is 25.3 Å². The van der Waals surface area contributed by atoms with Crippen LogP contribution in [0.1, 0.15) is 80.8 Å². The number of benzene rings is 2. The highest BCUT2D eigenvalue weighted by Crippen LogP contribution is 2.36. The first kappa shape index (κ1) is 37.6. The van der Waals surface area contributed by atoms with E-state index < -0.39 is 11.9 Å². The third kappa shape index (κ3) is 7.73. The van der Waals surface area contributed by atoms with E-state index in [0.717, 1.165) is 80.0 Å². The number of aromatic nitrogens is 4. The fourth-order valence-corrected chi connectivity index (χ4v) is 9.28. The van der Waals surface area contributed by atoms with Crippen LogP contribution in [0.15, 0.2) is 73.1 Å². The Bertz CT molecular complexity index is 2430. The Hall–Kier alpha value is -5.32. The molecule has 2 N–H and O–H groups in total. The van der Waals surface area contributed by atoms with Crippen molar-refractivity contribution in [2.75, 3.05) is 26.7 Å². The number of likely N-dealkylation sites (N-methyl/N-ethyl adjacent to an activating group) is 1. The Morgan fingerprint density at radius 1 is 0.714 bits per heavy atom. The zero-order valence-corrected chi connectivity index (χ0v) is 33.0. The second kappa shape index (κ2) is 15.7. The van der Waals surface area contributed by atoms with Crippen LogP contribution in [0.25, 0.3) is 21.8 Å². The SMILES string of the molecule is Cc1ccc2c(c1)c1c(n2CC(CC(=O)O)c2ccc(CCN3CCc4c(c5cc(C)ccc5n4CC(CC(=O)O)c4ccnc(C)c4)C3)nc2)CCN(C)C1. The van der Waals surface area contributed by atoms with Crippen LogP contribution in [0.3, 0.4) is 0 Å². The van der Waals surface area contributed by atoms with Crippen molar-refractivity contribution in [2.45, 2.75) is 90.9 Å². The number of nitrogens with zero attached hydrogens (tertiary/aromatic N) is 6. The maximum atomic E-state index is 12.2. The minimum Gasteiger partial charge on any atom is -0.481 e. The molecule has 10 heteroatoms. The molecule has 0 saturated heterocycles. The minimum absolute atomic E-state index is 0.0453. The van der Waals surface area contributed by atoms with Gasteiger partial charge in [-0.3, -0.25) is 24.5 Å². The molecule has 2 aliphatic heterocycles. The van der Waals surface area contributed by atoms with E-state index in [0.29, 0.717) is 13.1 Å². The highest BCUT2D eigenvalue weighted by molar-refractivity contribution is 5.87. The molecule has 0 bridgehead atoms. The maximum Gasteiger partial charge on any atom is 0.304 e. The molecule has 2 atom stereocenters. The largest absolute Gasteiger partial charge is 0.481 e. The average Bonchev–Trinajstić information content (AvgIpc) is 3.63. The first-order valence-electron chi connectivity index (χ1n) is 19.9. The predicted octanol–water partition coefficient (Wildman–Crippen LogP) is 7.42.